The van der Waals surface area contributed by atoms with Crippen molar-refractivity contribution in [1.82, 2.24) is 0 Å². The molecular formula is C14H21NO3S. The fraction of sp³-hybridized carbons (Fsp3) is 0.500. The Labute approximate surface area is 118 Å². The summed E-state index contributed by atoms with van der Waals surface area (Å²) in [5.41, 5.74) is 0.213. The number of hydrogen-bond acceptors (Lipinski definition) is 4. The maximum Gasteiger partial charge on any atom is 0.412 e. The van der Waals surface area contributed by atoms with Crippen molar-refractivity contribution in [1.29, 1.82) is 0 Å². The number of benzene rings is 1. The Morgan fingerprint density at radius 3 is 2.47 bits per heavy atom. The Morgan fingerprint density at radius 2 is 1.95 bits per heavy atom. The second kappa shape index (κ2) is 7.40. The van der Waals surface area contributed by atoms with Crippen molar-refractivity contribution < 1.29 is 14.6 Å². The Bertz CT molecular complexity index is 398. The highest BCUT2D eigenvalue weighted by molar-refractivity contribution is 7.99. The van der Waals surface area contributed by atoms with Crippen molar-refractivity contribution in [3.8, 4) is 0 Å². The van der Waals surface area contributed by atoms with Gasteiger partial charge in [-0.1, -0.05) is 0 Å². The highest BCUT2D eigenvalue weighted by Gasteiger charge is 2.15. The molecule has 0 bridgehead atoms. The van der Waals surface area contributed by atoms with E-state index in [0.717, 1.165) is 17.1 Å². The van der Waals surface area contributed by atoms with Crippen molar-refractivity contribution in [2.75, 3.05) is 17.7 Å². The number of nitrogens with one attached hydrogen (secondary N) is 1. The first-order valence-electron chi connectivity index (χ1n) is 6.24. The number of ether oxygens (including phenoxy) is 1. The van der Waals surface area contributed by atoms with E-state index in [9.17, 15) is 4.79 Å². The van der Waals surface area contributed by atoms with Crippen LogP contribution in [-0.4, -0.2) is 29.2 Å². The summed E-state index contributed by atoms with van der Waals surface area (Å²) in [5, 5.41) is 11.4. The third kappa shape index (κ3) is 7.08. The summed E-state index contributed by atoms with van der Waals surface area (Å²) in [5.74, 6) is 0.884. The Hall–Kier alpha value is -1.20. The van der Waals surface area contributed by atoms with Crippen LogP contribution in [0.4, 0.5) is 10.5 Å². The summed E-state index contributed by atoms with van der Waals surface area (Å²) < 4.78 is 5.17. The summed E-state index contributed by atoms with van der Waals surface area (Å²) in [6.45, 7) is 5.69. The van der Waals surface area contributed by atoms with E-state index in [1.165, 1.54) is 0 Å². The molecule has 5 heteroatoms. The van der Waals surface area contributed by atoms with Gasteiger partial charge in [0, 0.05) is 22.9 Å². The van der Waals surface area contributed by atoms with E-state index in [-0.39, 0.29) is 6.61 Å². The van der Waals surface area contributed by atoms with Crippen LogP contribution in [0, 0.1) is 0 Å². The normalized spacial score (nSPS) is 11.2. The van der Waals surface area contributed by atoms with Crippen molar-refractivity contribution in [3.63, 3.8) is 0 Å². The molecule has 0 fully saturated rings. The van der Waals surface area contributed by atoms with Gasteiger partial charge in [-0.2, -0.15) is 0 Å². The largest absolute Gasteiger partial charge is 0.444 e. The second-order valence-corrected chi connectivity index (χ2v) is 6.25. The number of aliphatic hydroxyl groups is 1. The van der Waals surface area contributed by atoms with Crippen LogP contribution in [0.25, 0.3) is 0 Å². The predicted octanol–water partition coefficient (Wildman–Crippen LogP) is 3.51. The van der Waals surface area contributed by atoms with Crippen LogP contribution in [0.5, 0.6) is 0 Å². The first kappa shape index (κ1) is 15.9. The summed E-state index contributed by atoms with van der Waals surface area (Å²) in [6, 6.07) is 7.56. The lowest BCUT2D eigenvalue weighted by Gasteiger charge is -2.19. The van der Waals surface area contributed by atoms with Gasteiger partial charge in [-0.25, -0.2) is 4.79 Å². The lowest BCUT2D eigenvalue weighted by Crippen LogP contribution is -2.27. The first-order valence-corrected chi connectivity index (χ1v) is 7.23. The average molecular weight is 283 g/mol. The van der Waals surface area contributed by atoms with E-state index < -0.39 is 11.7 Å². The number of amides is 1. The molecular weight excluding hydrogens is 262 g/mol. The first-order chi connectivity index (χ1) is 8.90. The van der Waals surface area contributed by atoms with Gasteiger partial charge in [0.2, 0.25) is 0 Å². The summed E-state index contributed by atoms with van der Waals surface area (Å²) in [4.78, 5) is 12.7. The van der Waals surface area contributed by atoms with Crippen molar-refractivity contribution >= 4 is 23.5 Å². The predicted molar refractivity (Wildman–Crippen MR) is 78.7 cm³/mol. The molecule has 0 saturated heterocycles. The quantitative estimate of drug-likeness (QED) is 0.641. The fourth-order valence-electron chi connectivity index (χ4n) is 1.31. The molecule has 1 rings (SSSR count). The van der Waals surface area contributed by atoms with Crippen LogP contribution >= 0.6 is 11.8 Å². The molecule has 0 aromatic heterocycles. The molecule has 0 aliphatic rings. The third-order valence-electron chi connectivity index (χ3n) is 2.07. The molecule has 0 unspecified atom stereocenters. The molecule has 0 spiro atoms. The standard InChI is InChI=1S/C14H21NO3S/c1-14(2,3)18-13(17)15-11-5-7-12(8-6-11)19-10-4-9-16/h5-8,16H,4,9-10H2,1-3H3,(H,15,17). The lowest BCUT2D eigenvalue weighted by molar-refractivity contribution is 0.0636. The zero-order chi connectivity index (χ0) is 14.3. The van der Waals surface area contributed by atoms with Gasteiger partial charge in [-0.05, 0) is 51.5 Å². The van der Waals surface area contributed by atoms with Crippen molar-refractivity contribution in [3.05, 3.63) is 24.3 Å². The van der Waals surface area contributed by atoms with Gasteiger partial charge in [0.25, 0.3) is 0 Å². The number of hydrogen-bond donors (Lipinski definition) is 2. The van der Waals surface area contributed by atoms with Gasteiger partial charge in [0.15, 0.2) is 0 Å². The van der Waals surface area contributed by atoms with Crippen LogP contribution < -0.4 is 5.32 Å². The third-order valence-corrected chi connectivity index (χ3v) is 3.17. The SMILES string of the molecule is CC(C)(C)OC(=O)Nc1ccc(SCCCO)cc1. The molecule has 0 aliphatic heterocycles. The smallest absolute Gasteiger partial charge is 0.412 e. The van der Waals surface area contributed by atoms with Crippen LogP contribution in [0.1, 0.15) is 27.2 Å². The maximum atomic E-state index is 11.6. The van der Waals surface area contributed by atoms with E-state index in [4.69, 9.17) is 9.84 Å². The Morgan fingerprint density at radius 1 is 1.32 bits per heavy atom. The Kier molecular flexibility index (Phi) is 6.18. The number of thioether (sulfide) groups is 1. The van der Waals surface area contributed by atoms with Gasteiger partial charge in [0.05, 0.1) is 0 Å². The van der Waals surface area contributed by atoms with Gasteiger partial charge in [0.1, 0.15) is 5.60 Å². The highest BCUT2D eigenvalue weighted by atomic mass is 32.2. The zero-order valence-corrected chi connectivity index (χ0v) is 12.4. The Balaban J connectivity index is 2.45. The molecule has 4 nitrogen and oxygen atoms in total. The number of anilines is 1. The minimum atomic E-state index is -0.496. The summed E-state index contributed by atoms with van der Waals surface area (Å²) in [6.07, 6.45) is 0.330. The topological polar surface area (TPSA) is 58.6 Å². The van der Waals surface area contributed by atoms with Crippen LogP contribution in [0.3, 0.4) is 0 Å². The molecule has 0 radical (unpaired) electrons. The number of carbonyl (C=O) groups excluding carboxylic acids is 1. The summed E-state index contributed by atoms with van der Waals surface area (Å²) >= 11 is 1.68. The van der Waals surface area contributed by atoms with Gasteiger partial charge in [-0.3, -0.25) is 5.32 Å². The summed E-state index contributed by atoms with van der Waals surface area (Å²) in [7, 11) is 0. The average Bonchev–Trinajstić information content (AvgIpc) is 2.29. The molecule has 1 aromatic rings. The van der Waals surface area contributed by atoms with E-state index in [1.807, 2.05) is 45.0 Å². The molecule has 0 aliphatic carbocycles. The monoisotopic (exact) mass is 283 g/mol. The van der Waals surface area contributed by atoms with Crippen LogP contribution in [-0.2, 0) is 4.74 Å². The minimum absolute atomic E-state index is 0.214. The van der Waals surface area contributed by atoms with Crippen molar-refractivity contribution in [2.24, 2.45) is 0 Å². The second-order valence-electron chi connectivity index (χ2n) is 5.08. The van der Waals surface area contributed by atoms with Crippen LogP contribution in [0.2, 0.25) is 0 Å². The van der Waals surface area contributed by atoms with Gasteiger partial charge < -0.3 is 9.84 Å². The molecule has 19 heavy (non-hydrogen) atoms. The van der Waals surface area contributed by atoms with Crippen LogP contribution in [0.15, 0.2) is 29.2 Å². The lowest BCUT2D eigenvalue weighted by atomic mass is 10.2. The molecule has 0 saturated carbocycles. The van der Waals surface area contributed by atoms with Gasteiger partial charge >= 0.3 is 6.09 Å². The fourth-order valence-corrected chi connectivity index (χ4v) is 2.15. The highest BCUT2D eigenvalue weighted by Crippen LogP contribution is 2.21. The van der Waals surface area contributed by atoms with E-state index in [1.54, 1.807) is 11.8 Å². The van der Waals surface area contributed by atoms with Crippen molar-refractivity contribution in [2.45, 2.75) is 37.7 Å². The molecule has 1 amide bonds. The minimum Gasteiger partial charge on any atom is -0.444 e. The van der Waals surface area contributed by atoms with E-state index in [2.05, 4.69) is 5.32 Å². The molecule has 0 atom stereocenters. The zero-order valence-electron chi connectivity index (χ0n) is 11.6. The molecule has 2 N–H and O–H groups in total. The number of aliphatic hydroxyl groups excluding tert-OH is 1. The molecule has 1 aromatic carbocycles. The van der Waals surface area contributed by atoms with E-state index >= 15 is 0 Å². The van der Waals surface area contributed by atoms with E-state index in [0.29, 0.717) is 5.69 Å². The number of carbonyl (C=O) groups is 1. The maximum absolute atomic E-state index is 11.6. The molecule has 0 heterocycles. The number of rotatable bonds is 5. The molecule has 106 valence electrons. The van der Waals surface area contributed by atoms with Gasteiger partial charge in [-0.15, -0.1) is 11.8 Å².